The Hall–Kier alpha value is -1.06. The summed E-state index contributed by atoms with van der Waals surface area (Å²) < 4.78 is 0. The molecule has 2 rings (SSSR count). The molecule has 98 valence electrons. The van der Waals surface area contributed by atoms with E-state index in [1.54, 1.807) is 7.05 Å². The number of halogens is 1. The van der Waals surface area contributed by atoms with Gasteiger partial charge in [0.15, 0.2) is 0 Å². The van der Waals surface area contributed by atoms with Crippen LogP contribution in [0.25, 0.3) is 0 Å². The molecule has 3 nitrogen and oxygen atoms in total. The lowest BCUT2D eigenvalue weighted by Crippen LogP contribution is -2.50. The van der Waals surface area contributed by atoms with E-state index in [4.69, 9.17) is 11.6 Å². The minimum Gasteiger partial charge on any atom is -0.358 e. The van der Waals surface area contributed by atoms with Crippen LogP contribution in [0.3, 0.4) is 0 Å². The number of hydrogen-bond donors (Lipinski definition) is 2. The zero-order valence-corrected chi connectivity index (χ0v) is 11.5. The monoisotopic (exact) mass is 266 g/mol. The third-order valence-electron chi connectivity index (χ3n) is 3.61. The molecule has 18 heavy (non-hydrogen) atoms. The molecule has 1 atom stereocenters. The van der Waals surface area contributed by atoms with Gasteiger partial charge in [-0.15, -0.1) is 0 Å². The first kappa shape index (κ1) is 13.4. The molecule has 1 unspecified atom stereocenters. The molecular formula is C14H19ClN2O. The summed E-state index contributed by atoms with van der Waals surface area (Å²) >= 11 is 6.17. The molecule has 4 heteroatoms. The van der Waals surface area contributed by atoms with E-state index in [2.05, 4.69) is 16.7 Å². The molecular weight excluding hydrogens is 248 g/mol. The molecule has 1 saturated carbocycles. The SMILES string of the molecule is CNC(=O)C(C)NC1CC(c2ccccc2Cl)C1. The Morgan fingerprint density at radius 1 is 1.39 bits per heavy atom. The Bertz CT molecular complexity index is 430. The molecule has 1 fully saturated rings. The van der Waals surface area contributed by atoms with Gasteiger partial charge >= 0.3 is 0 Å². The molecule has 1 aliphatic carbocycles. The lowest BCUT2D eigenvalue weighted by atomic mass is 9.75. The second kappa shape index (κ2) is 5.72. The molecule has 0 spiro atoms. The highest BCUT2D eigenvalue weighted by Crippen LogP contribution is 2.39. The third kappa shape index (κ3) is 2.85. The van der Waals surface area contributed by atoms with Crippen LogP contribution in [0.4, 0.5) is 0 Å². The van der Waals surface area contributed by atoms with Crippen LogP contribution in [0.15, 0.2) is 24.3 Å². The van der Waals surface area contributed by atoms with Crippen molar-refractivity contribution in [3.05, 3.63) is 34.9 Å². The number of hydrogen-bond acceptors (Lipinski definition) is 2. The highest BCUT2D eigenvalue weighted by atomic mass is 35.5. The fourth-order valence-electron chi connectivity index (χ4n) is 2.46. The molecule has 0 saturated heterocycles. The molecule has 1 amide bonds. The fraction of sp³-hybridized carbons (Fsp3) is 0.500. The van der Waals surface area contributed by atoms with Crippen LogP contribution in [-0.2, 0) is 4.79 Å². The number of nitrogens with one attached hydrogen (secondary N) is 2. The average molecular weight is 267 g/mol. The van der Waals surface area contributed by atoms with E-state index in [9.17, 15) is 4.79 Å². The van der Waals surface area contributed by atoms with E-state index in [-0.39, 0.29) is 11.9 Å². The van der Waals surface area contributed by atoms with Crippen molar-refractivity contribution in [1.82, 2.24) is 10.6 Å². The van der Waals surface area contributed by atoms with Crippen molar-refractivity contribution < 1.29 is 4.79 Å². The molecule has 0 radical (unpaired) electrons. The van der Waals surface area contributed by atoms with Crippen molar-refractivity contribution in [1.29, 1.82) is 0 Å². The Labute approximate surface area is 113 Å². The second-order valence-electron chi connectivity index (χ2n) is 4.89. The topological polar surface area (TPSA) is 41.1 Å². The number of amides is 1. The van der Waals surface area contributed by atoms with E-state index in [0.29, 0.717) is 12.0 Å². The van der Waals surface area contributed by atoms with E-state index >= 15 is 0 Å². The first-order valence-electron chi connectivity index (χ1n) is 6.34. The fourth-order valence-corrected chi connectivity index (χ4v) is 2.75. The predicted octanol–water partition coefficient (Wildman–Crippen LogP) is 2.31. The smallest absolute Gasteiger partial charge is 0.236 e. The molecule has 1 aliphatic rings. The second-order valence-corrected chi connectivity index (χ2v) is 5.30. The summed E-state index contributed by atoms with van der Waals surface area (Å²) in [5.41, 5.74) is 1.23. The van der Waals surface area contributed by atoms with Crippen LogP contribution in [0, 0.1) is 0 Å². The van der Waals surface area contributed by atoms with Crippen molar-refractivity contribution in [2.75, 3.05) is 7.05 Å². The molecule has 0 aliphatic heterocycles. The first-order chi connectivity index (χ1) is 8.61. The number of carbonyl (C=O) groups is 1. The Morgan fingerprint density at radius 3 is 2.67 bits per heavy atom. The molecule has 0 bridgehead atoms. The Morgan fingerprint density at radius 2 is 2.06 bits per heavy atom. The van der Waals surface area contributed by atoms with Crippen molar-refractivity contribution in [2.45, 2.75) is 37.8 Å². The largest absolute Gasteiger partial charge is 0.358 e. The van der Waals surface area contributed by atoms with E-state index in [1.807, 2.05) is 25.1 Å². The molecule has 0 aromatic heterocycles. The van der Waals surface area contributed by atoms with Crippen LogP contribution in [0.1, 0.15) is 31.2 Å². The lowest BCUT2D eigenvalue weighted by molar-refractivity contribution is -0.122. The predicted molar refractivity (Wildman–Crippen MR) is 73.9 cm³/mol. The van der Waals surface area contributed by atoms with Gasteiger partial charge < -0.3 is 10.6 Å². The standard InChI is InChI=1S/C14H19ClN2O/c1-9(14(18)16-2)17-11-7-10(8-11)12-5-3-4-6-13(12)15/h3-6,9-11,17H,7-8H2,1-2H3,(H,16,18). The van der Waals surface area contributed by atoms with Crippen LogP contribution >= 0.6 is 11.6 Å². The maximum atomic E-state index is 11.4. The summed E-state index contributed by atoms with van der Waals surface area (Å²) in [6.07, 6.45) is 2.09. The van der Waals surface area contributed by atoms with Gasteiger partial charge in [-0.1, -0.05) is 29.8 Å². The summed E-state index contributed by atoms with van der Waals surface area (Å²) in [7, 11) is 1.66. The van der Waals surface area contributed by atoms with Crippen molar-refractivity contribution in [2.24, 2.45) is 0 Å². The lowest BCUT2D eigenvalue weighted by Gasteiger charge is -2.38. The maximum absolute atomic E-state index is 11.4. The maximum Gasteiger partial charge on any atom is 0.236 e. The summed E-state index contributed by atoms with van der Waals surface area (Å²) in [5, 5.41) is 6.83. The van der Waals surface area contributed by atoms with E-state index in [0.717, 1.165) is 17.9 Å². The van der Waals surface area contributed by atoms with Crippen LogP contribution in [0.5, 0.6) is 0 Å². The third-order valence-corrected chi connectivity index (χ3v) is 3.95. The van der Waals surface area contributed by atoms with Gasteiger partial charge in [0, 0.05) is 18.1 Å². The number of likely N-dealkylation sites (N-methyl/N-ethyl adjacent to an activating group) is 1. The van der Waals surface area contributed by atoms with Gasteiger partial charge in [0.2, 0.25) is 5.91 Å². The zero-order chi connectivity index (χ0) is 13.1. The zero-order valence-electron chi connectivity index (χ0n) is 10.7. The summed E-state index contributed by atoms with van der Waals surface area (Å²) in [4.78, 5) is 11.4. The van der Waals surface area contributed by atoms with Gasteiger partial charge in [0.1, 0.15) is 0 Å². The van der Waals surface area contributed by atoms with Crippen molar-refractivity contribution in [3.63, 3.8) is 0 Å². The van der Waals surface area contributed by atoms with Crippen molar-refractivity contribution in [3.8, 4) is 0 Å². The number of benzene rings is 1. The summed E-state index contributed by atoms with van der Waals surface area (Å²) in [6, 6.07) is 8.28. The van der Waals surface area contributed by atoms with Crippen LogP contribution < -0.4 is 10.6 Å². The quantitative estimate of drug-likeness (QED) is 0.878. The van der Waals surface area contributed by atoms with Gasteiger partial charge in [-0.25, -0.2) is 0 Å². The summed E-state index contributed by atoms with van der Waals surface area (Å²) in [5.74, 6) is 0.560. The van der Waals surface area contributed by atoms with Crippen LogP contribution in [0.2, 0.25) is 5.02 Å². The minimum absolute atomic E-state index is 0.0381. The van der Waals surface area contributed by atoms with Gasteiger partial charge in [-0.3, -0.25) is 4.79 Å². The van der Waals surface area contributed by atoms with E-state index < -0.39 is 0 Å². The molecule has 1 aromatic carbocycles. The van der Waals surface area contributed by atoms with Gasteiger partial charge in [0.05, 0.1) is 6.04 Å². The highest BCUT2D eigenvalue weighted by Gasteiger charge is 2.32. The Balaban J connectivity index is 1.84. The first-order valence-corrected chi connectivity index (χ1v) is 6.71. The number of rotatable bonds is 4. The van der Waals surface area contributed by atoms with Gasteiger partial charge in [-0.2, -0.15) is 0 Å². The minimum atomic E-state index is -0.132. The van der Waals surface area contributed by atoms with E-state index in [1.165, 1.54) is 5.56 Å². The average Bonchev–Trinajstić information content (AvgIpc) is 2.33. The number of carbonyl (C=O) groups excluding carboxylic acids is 1. The molecule has 1 aromatic rings. The highest BCUT2D eigenvalue weighted by molar-refractivity contribution is 6.31. The summed E-state index contributed by atoms with van der Waals surface area (Å²) in [6.45, 7) is 1.89. The molecule has 0 heterocycles. The van der Waals surface area contributed by atoms with Gasteiger partial charge in [0.25, 0.3) is 0 Å². The van der Waals surface area contributed by atoms with Crippen LogP contribution in [-0.4, -0.2) is 25.0 Å². The normalized spacial score (nSPS) is 24.2. The van der Waals surface area contributed by atoms with Crippen molar-refractivity contribution >= 4 is 17.5 Å². The van der Waals surface area contributed by atoms with Gasteiger partial charge in [-0.05, 0) is 37.3 Å². The molecule has 2 N–H and O–H groups in total. The Kier molecular flexibility index (Phi) is 4.25.